The molecule has 6 nitrogen and oxygen atoms in total. The molecule has 0 fully saturated rings. The number of hydrogen-bond acceptors (Lipinski definition) is 6. The molecule has 0 saturated carbocycles. The van der Waals surface area contributed by atoms with Crippen LogP contribution < -0.4 is 4.31 Å². The molecule has 3 aromatic rings. The van der Waals surface area contributed by atoms with Crippen LogP contribution in [0.25, 0.3) is 0 Å². The van der Waals surface area contributed by atoms with Crippen LogP contribution in [0.4, 0.5) is 5.13 Å². The minimum absolute atomic E-state index is 0.131. The fraction of sp³-hybridized carbons (Fsp3) is 0.200. The van der Waals surface area contributed by atoms with E-state index in [0.29, 0.717) is 16.6 Å². The Hall–Kier alpha value is -2.19. The fourth-order valence-electron chi connectivity index (χ4n) is 2.19. The molecule has 0 N–H and O–H groups in total. The molecule has 2 heterocycles. The van der Waals surface area contributed by atoms with Crippen LogP contribution in [-0.4, -0.2) is 18.6 Å². The van der Waals surface area contributed by atoms with Gasteiger partial charge in [0.2, 0.25) is 0 Å². The first-order valence-corrected chi connectivity index (χ1v) is 9.21. The number of rotatable bonds is 5. The molecule has 3 rings (SSSR count). The zero-order valence-corrected chi connectivity index (χ0v) is 14.3. The van der Waals surface area contributed by atoms with E-state index in [2.05, 4.69) is 10.1 Å². The van der Waals surface area contributed by atoms with Crippen molar-refractivity contribution in [2.24, 2.45) is 0 Å². The summed E-state index contributed by atoms with van der Waals surface area (Å²) in [5, 5.41) is 6.05. The number of aromatic nitrogens is 2. The molecule has 0 unspecified atom stereocenters. The monoisotopic (exact) mass is 349 g/mol. The molecule has 1 aromatic carbocycles. The summed E-state index contributed by atoms with van der Waals surface area (Å²) in [7, 11) is -3.72. The number of anilines is 1. The standard InChI is InChI=1S/C15H15N3O3S2/c1-11-14(12(2)21-17-11)10-18(15-16-8-9-22-15)23(19,20)13-6-4-3-5-7-13/h3-9H,10H2,1-2H3. The third-order valence-corrected chi connectivity index (χ3v) is 6.11. The largest absolute Gasteiger partial charge is 0.361 e. The van der Waals surface area contributed by atoms with Gasteiger partial charge in [0.15, 0.2) is 5.13 Å². The van der Waals surface area contributed by atoms with Gasteiger partial charge in [0.1, 0.15) is 5.76 Å². The normalized spacial score (nSPS) is 11.6. The second-order valence-corrected chi connectivity index (χ2v) is 7.68. The molecule has 0 saturated heterocycles. The van der Waals surface area contributed by atoms with Crippen molar-refractivity contribution in [1.29, 1.82) is 0 Å². The SMILES string of the molecule is Cc1noc(C)c1CN(c1nccs1)S(=O)(=O)c1ccccc1. The van der Waals surface area contributed by atoms with Crippen LogP contribution in [0.3, 0.4) is 0 Å². The summed E-state index contributed by atoms with van der Waals surface area (Å²) < 4.78 is 32.5. The highest BCUT2D eigenvalue weighted by atomic mass is 32.2. The van der Waals surface area contributed by atoms with Crippen molar-refractivity contribution in [3.63, 3.8) is 0 Å². The van der Waals surface area contributed by atoms with Crippen LogP contribution in [0.1, 0.15) is 17.0 Å². The summed E-state index contributed by atoms with van der Waals surface area (Å²) in [6.07, 6.45) is 1.58. The molecule has 0 radical (unpaired) electrons. The van der Waals surface area contributed by atoms with E-state index in [1.165, 1.54) is 15.6 Å². The van der Waals surface area contributed by atoms with Crippen LogP contribution >= 0.6 is 11.3 Å². The summed E-state index contributed by atoms with van der Waals surface area (Å²) in [5.74, 6) is 0.604. The van der Waals surface area contributed by atoms with Crippen molar-refractivity contribution >= 4 is 26.5 Å². The number of sulfonamides is 1. The lowest BCUT2D eigenvalue weighted by Gasteiger charge is -2.21. The van der Waals surface area contributed by atoms with Gasteiger partial charge in [-0.2, -0.15) is 0 Å². The highest BCUT2D eigenvalue weighted by Gasteiger charge is 2.28. The van der Waals surface area contributed by atoms with Gasteiger partial charge in [0.05, 0.1) is 17.1 Å². The Kier molecular flexibility index (Phi) is 4.18. The van der Waals surface area contributed by atoms with Crippen LogP contribution in [0.15, 0.2) is 51.3 Å². The first kappa shape index (κ1) is 15.7. The smallest absolute Gasteiger partial charge is 0.266 e. The molecule has 0 spiro atoms. The predicted molar refractivity (Wildman–Crippen MR) is 87.9 cm³/mol. The van der Waals surface area contributed by atoms with Crippen LogP contribution in [0.5, 0.6) is 0 Å². The molecule has 120 valence electrons. The zero-order chi connectivity index (χ0) is 16.4. The van der Waals surface area contributed by atoms with E-state index < -0.39 is 10.0 Å². The molecule has 0 aliphatic carbocycles. The summed E-state index contributed by atoms with van der Waals surface area (Å²) in [5.41, 5.74) is 1.42. The maximum atomic E-state index is 13.0. The second kappa shape index (κ2) is 6.13. The molecule has 0 aliphatic rings. The van der Waals surface area contributed by atoms with Crippen molar-refractivity contribution in [1.82, 2.24) is 10.1 Å². The quantitative estimate of drug-likeness (QED) is 0.707. The van der Waals surface area contributed by atoms with Gasteiger partial charge in [-0.15, -0.1) is 11.3 Å². The first-order chi connectivity index (χ1) is 11.0. The van der Waals surface area contributed by atoms with E-state index >= 15 is 0 Å². The predicted octanol–water partition coefficient (Wildman–Crippen LogP) is 3.14. The van der Waals surface area contributed by atoms with E-state index in [-0.39, 0.29) is 11.4 Å². The van der Waals surface area contributed by atoms with Crippen molar-refractivity contribution in [2.75, 3.05) is 4.31 Å². The molecular formula is C15H15N3O3S2. The minimum atomic E-state index is -3.72. The van der Waals surface area contributed by atoms with E-state index in [9.17, 15) is 8.42 Å². The van der Waals surface area contributed by atoms with Gasteiger partial charge in [0, 0.05) is 17.1 Å². The van der Waals surface area contributed by atoms with Gasteiger partial charge in [-0.25, -0.2) is 17.7 Å². The molecule has 0 amide bonds. The molecule has 0 bridgehead atoms. The lowest BCUT2D eigenvalue weighted by Crippen LogP contribution is -2.30. The van der Waals surface area contributed by atoms with Gasteiger partial charge in [-0.1, -0.05) is 23.4 Å². The number of aryl methyl sites for hydroxylation is 2. The van der Waals surface area contributed by atoms with Crippen LogP contribution in [-0.2, 0) is 16.6 Å². The molecule has 23 heavy (non-hydrogen) atoms. The molecule has 8 heteroatoms. The third kappa shape index (κ3) is 2.99. The Morgan fingerprint density at radius 3 is 2.52 bits per heavy atom. The van der Waals surface area contributed by atoms with E-state index in [0.717, 1.165) is 5.56 Å². The van der Waals surface area contributed by atoms with Gasteiger partial charge in [-0.05, 0) is 26.0 Å². The van der Waals surface area contributed by atoms with Crippen molar-refractivity contribution in [3.8, 4) is 0 Å². The lowest BCUT2D eigenvalue weighted by atomic mass is 10.2. The Labute approximate surface area is 138 Å². The zero-order valence-electron chi connectivity index (χ0n) is 12.6. The summed E-state index contributed by atoms with van der Waals surface area (Å²) in [4.78, 5) is 4.39. The molecule has 0 aliphatic heterocycles. The van der Waals surface area contributed by atoms with E-state index in [1.54, 1.807) is 55.8 Å². The van der Waals surface area contributed by atoms with E-state index in [4.69, 9.17) is 4.52 Å². The average Bonchev–Trinajstić information content (AvgIpc) is 3.17. The summed E-state index contributed by atoms with van der Waals surface area (Å²) in [6, 6.07) is 8.32. The highest BCUT2D eigenvalue weighted by Crippen LogP contribution is 2.29. The van der Waals surface area contributed by atoms with Gasteiger partial charge in [-0.3, -0.25) is 0 Å². The van der Waals surface area contributed by atoms with Crippen LogP contribution in [0.2, 0.25) is 0 Å². The Bertz CT molecular complexity index is 868. The number of benzene rings is 1. The Morgan fingerprint density at radius 1 is 1.22 bits per heavy atom. The third-order valence-electron chi connectivity index (χ3n) is 3.45. The van der Waals surface area contributed by atoms with E-state index in [1.807, 2.05) is 0 Å². The van der Waals surface area contributed by atoms with Gasteiger partial charge >= 0.3 is 0 Å². The number of nitrogens with zero attached hydrogens (tertiary/aromatic N) is 3. The Balaban J connectivity index is 2.07. The van der Waals surface area contributed by atoms with Gasteiger partial charge in [0.25, 0.3) is 10.0 Å². The van der Waals surface area contributed by atoms with Crippen molar-refractivity contribution < 1.29 is 12.9 Å². The van der Waals surface area contributed by atoms with Gasteiger partial charge < -0.3 is 4.52 Å². The number of hydrogen-bond donors (Lipinski definition) is 0. The second-order valence-electron chi connectivity index (χ2n) is 4.94. The summed E-state index contributed by atoms with van der Waals surface area (Å²) in [6.45, 7) is 3.69. The Morgan fingerprint density at radius 2 is 1.96 bits per heavy atom. The summed E-state index contributed by atoms with van der Waals surface area (Å²) >= 11 is 1.27. The molecule has 2 aromatic heterocycles. The first-order valence-electron chi connectivity index (χ1n) is 6.89. The average molecular weight is 349 g/mol. The van der Waals surface area contributed by atoms with Crippen molar-refractivity contribution in [2.45, 2.75) is 25.3 Å². The molecule has 0 atom stereocenters. The topological polar surface area (TPSA) is 76.3 Å². The number of thiazole rings is 1. The van der Waals surface area contributed by atoms with Crippen LogP contribution in [0, 0.1) is 13.8 Å². The maximum Gasteiger partial charge on any atom is 0.266 e. The highest BCUT2D eigenvalue weighted by molar-refractivity contribution is 7.93. The minimum Gasteiger partial charge on any atom is -0.361 e. The lowest BCUT2D eigenvalue weighted by molar-refractivity contribution is 0.392. The van der Waals surface area contributed by atoms with Crippen molar-refractivity contribution in [3.05, 3.63) is 58.9 Å². The maximum absolute atomic E-state index is 13.0. The molecular weight excluding hydrogens is 334 g/mol. The fourth-order valence-corrected chi connectivity index (χ4v) is 4.46.